The molecule has 0 bridgehead atoms. The Bertz CT molecular complexity index is 555. The summed E-state index contributed by atoms with van der Waals surface area (Å²) in [4.78, 5) is 16.3. The van der Waals surface area contributed by atoms with E-state index in [-0.39, 0.29) is 12.1 Å². The average molecular weight is 345 g/mol. The van der Waals surface area contributed by atoms with Gasteiger partial charge in [0.2, 0.25) is 0 Å². The van der Waals surface area contributed by atoms with E-state index in [4.69, 9.17) is 0 Å². The van der Waals surface area contributed by atoms with Crippen molar-refractivity contribution < 1.29 is 9.90 Å². The fourth-order valence-corrected chi connectivity index (χ4v) is 3.96. The molecule has 1 aromatic rings. The lowest BCUT2D eigenvalue weighted by Crippen LogP contribution is -2.46. The molecule has 0 radical (unpaired) electrons. The van der Waals surface area contributed by atoms with Gasteiger partial charge in [0, 0.05) is 38.4 Å². The van der Waals surface area contributed by atoms with Crippen molar-refractivity contribution in [2.24, 2.45) is 0 Å². The number of aliphatic hydroxyl groups is 1. The number of urea groups is 1. The number of anilines is 1. The zero-order valence-corrected chi connectivity index (χ0v) is 15.3. The summed E-state index contributed by atoms with van der Waals surface area (Å²) in [5.41, 5.74) is 2.35. The van der Waals surface area contributed by atoms with Crippen LogP contribution in [0.5, 0.6) is 0 Å². The first-order chi connectivity index (χ1) is 12.1. The van der Waals surface area contributed by atoms with Crippen LogP contribution in [0.2, 0.25) is 0 Å². The standard InChI is InChI=1S/C20H31N3O2/c1-22(17-6-3-2-4-7-17)18-11-9-16(10-12-18)14-21-20(25)23-13-5-8-19(24)15-23/h9-12,17,19,24H,2-8,13-15H2,1H3,(H,21,25)/t19-/m1/s1. The number of nitrogens with zero attached hydrogens (tertiary/aromatic N) is 2. The van der Waals surface area contributed by atoms with Crippen LogP contribution in [0.4, 0.5) is 10.5 Å². The van der Waals surface area contributed by atoms with E-state index in [0.717, 1.165) is 24.9 Å². The lowest BCUT2D eigenvalue weighted by molar-refractivity contribution is 0.0842. The van der Waals surface area contributed by atoms with E-state index in [1.54, 1.807) is 4.90 Å². The molecular formula is C20H31N3O2. The highest BCUT2D eigenvalue weighted by Gasteiger charge is 2.22. The molecule has 2 fully saturated rings. The normalized spacial score (nSPS) is 21.8. The monoisotopic (exact) mass is 345 g/mol. The minimum absolute atomic E-state index is 0.0813. The van der Waals surface area contributed by atoms with Crippen molar-refractivity contribution in [3.05, 3.63) is 29.8 Å². The Morgan fingerprint density at radius 2 is 1.88 bits per heavy atom. The molecule has 0 aromatic heterocycles. The zero-order chi connectivity index (χ0) is 17.6. The van der Waals surface area contributed by atoms with Gasteiger partial charge in [-0.05, 0) is 43.4 Å². The van der Waals surface area contributed by atoms with Gasteiger partial charge in [-0.3, -0.25) is 0 Å². The van der Waals surface area contributed by atoms with Gasteiger partial charge in [-0.15, -0.1) is 0 Å². The van der Waals surface area contributed by atoms with Crippen LogP contribution in [0.3, 0.4) is 0 Å². The van der Waals surface area contributed by atoms with Crippen molar-refractivity contribution in [2.75, 3.05) is 25.0 Å². The summed E-state index contributed by atoms with van der Waals surface area (Å²) in [6.07, 6.45) is 7.91. The number of rotatable bonds is 4. The van der Waals surface area contributed by atoms with E-state index in [0.29, 0.717) is 19.1 Å². The van der Waals surface area contributed by atoms with Crippen LogP contribution in [-0.2, 0) is 6.54 Å². The molecule has 3 rings (SSSR count). The number of piperidine rings is 1. The second-order valence-electron chi connectivity index (χ2n) is 7.47. The third-order valence-electron chi connectivity index (χ3n) is 5.59. The SMILES string of the molecule is CN(c1ccc(CNC(=O)N2CCC[C@@H](O)C2)cc1)C1CCCCC1. The third-order valence-corrected chi connectivity index (χ3v) is 5.59. The van der Waals surface area contributed by atoms with Crippen LogP contribution >= 0.6 is 0 Å². The maximum Gasteiger partial charge on any atom is 0.317 e. The van der Waals surface area contributed by atoms with Gasteiger partial charge in [-0.25, -0.2) is 4.79 Å². The number of hydrogen-bond donors (Lipinski definition) is 2. The van der Waals surface area contributed by atoms with Crippen LogP contribution < -0.4 is 10.2 Å². The molecule has 2 amide bonds. The number of carbonyl (C=O) groups is 1. The molecule has 0 unspecified atom stereocenters. The molecule has 1 aliphatic heterocycles. The Morgan fingerprint density at radius 1 is 1.16 bits per heavy atom. The van der Waals surface area contributed by atoms with E-state index in [9.17, 15) is 9.90 Å². The Morgan fingerprint density at radius 3 is 2.56 bits per heavy atom. The predicted octanol–water partition coefficient (Wildman–Crippen LogP) is 3.12. The number of carbonyl (C=O) groups excluding carboxylic acids is 1. The molecule has 138 valence electrons. The van der Waals surface area contributed by atoms with Crippen LogP contribution in [0.1, 0.15) is 50.5 Å². The molecule has 1 aromatic carbocycles. The first kappa shape index (κ1) is 18.1. The topological polar surface area (TPSA) is 55.8 Å². The van der Waals surface area contributed by atoms with Crippen molar-refractivity contribution in [3.8, 4) is 0 Å². The lowest BCUT2D eigenvalue weighted by atomic mass is 9.94. The van der Waals surface area contributed by atoms with Gasteiger partial charge in [-0.2, -0.15) is 0 Å². The van der Waals surface area contributed by atoms with Gasteiger partial charge < -0.3 is 20.2 Å². The molecule has 2 aliphatic rings. The van der Waals surface area contributed by atoms with Crippen LogP contribution in [-0.4, -0.2) is 48.3 Å². The number of amides is 2. The molecular weight excluding hydrogens is 314 g/mol. The minimum atomic E-state index is -0.380. The fourth-order valence-electron chi connectivity index (χ4n) is 3.96. The third kappa shape index (κ3) is 4.88. The zero-order valence-electron chi connectivity index (χ0n) is 15.3. The van der Waals surface area contributed by atoms with Gasteiger partial charge in [-0.1, -0.05) is 31.4 Å². The van der Waals surface area contributed by atoms with Gasteiger partial charge in [0.1, 0.15) is 0 Å². The highest BCUT2D eigenvalue weighted by Crippen LogP contribution is 2.26. The first-order valence-electron chi connectivity index (χ1n) is 9.66. The lowest BCUT2D eigenvalue weighted by Gasteiger charge is -2.33. The van der Waals surface area contributed by atoms with Crippen LogP contribution in [0, 0.1) is 0 Å². The molecule has 1 heterocycles. The predicted molar refractivity (Wildman–Crippen MR) is 101 cm³/mol. The summed E-state index contributed by atoms with van der Waals surface area (Å²) in [5, 5.41) is 12.6. The van der Waals surface area contributed by atoms with E-state index < -0.39 is 0 Å². The molecule has 1 atom stereocenters. The van der Waals surface area contributed by atoms with Gasteiger partial charge in [0.15, 0.2) is 0 Å². The molecule has 2 N–H and O–H groups in total. The van der Waals surface area contributed by atoms with Crippen molar-refractivity contribution in [3.63, 3.8) is 0 Å². The summed E-state index contributed by atoms with van der Waals surface area (Å²) in [5.74, 6) is 0. The second-order valence-corrected chi connectivity index (χ2v) is 7.47. The molecule has 5 heteroatoms. The second kappa shape index (κ2) is 8.56. The summed E-state index contributed by atoms with van der Waals surface area (Å²) in [7, 11) is 2.19. The number of nitrogens with one attached hydrogen (secondary N) is 1. The summed E-state index contributed by atoms with van der Waals surface area (Å²) >= 11 is 0. The van der Waals surface area contributed by atoms with Crippen molar-refractivity contribution in [1.29, 1.82) is 0 Å². The quantitative estimate of drug-likeness (QED) is 0.881. The number of β-amino-alcohol motifs (C(OH)–C–C–N with tert-alkyl or cyclic N) is 1. The summed E-state index contributed by atoms with van der Waals surface area (Å²) < 4.78 is 0. The van der Waals surface area contributed by atoms with E-state index in [2.05, 4.69) is 41.5 Å². The number of benzene rings is 1. The molecule has 0 spiro atoms. The molecule has 1 saturated carbocycles. The van der Waals surface area contributed by atoms with Crippen molar-refractivity contribution in [1.82, 2.24) is 10.2 Å². The fraction of sp³-hybridized carbons (Fsp3) is 0.650. The van der Waals surface area contributed by atoms with E-state index in [1.807, 2.05) is 0 Å². The van der Waals surface area contributed by atoms with Gasteiger partial charge in [0.25, 0.3) is 0 Å². The molecule has 5 nitrogen and oxygen atoms in total. The highest BCUT2D eigenvalue weighted by atomic mass is 16.3. The number of aliphatic hydroxyl groups excluding tert-OH is 1. The van der Waals surface area contributed by atoms with E-state index >= 15 is 0 Å². The van der Waals surface area contributed by atoms with Crippen molar-refractivity contribution in [2.45, 2.75) is 63.6 Å². The van der Waals surface area contributed by atoms with Gasteiger partial charge >= 0.3 is 6.03 Å². The Balaban J connectivity index is 1.49. The largest absolute Gasteiger partial charge is 0.391 e. The molecule has 1 saturated heterocycles. The van der Waals surface area contributed by atoms with Crippen molar-refractivity contribution >= 4 is 11.7 Å². The Kier molecular flexibility index (Phi) is 6.19. The first-order valence-corrected chi connectivity index (χ1v) is 9.66. The Labute approximate surface area is 151 Å². The number of likely N-dealkylation sites (tertiary alicyclic amines) is 1. The van der Waals surface area contributed by atoms with E-state index in [1.165, 1.54) is 37.8 Å². The molecule has 1 aliphatic carbocycles. The smallest absolute Gasteiger partial charge is 0.317 e. The van der Waals surface area contributed by atoms with Crippen LogP contribution in [0.25, 0.3) is 0 Å². The number of hydrogen-bond acceptors (Lipinski definition) is 3. The maximum absolute atomic E-state index is 12.2. The molecule has 25 heavy (non-hydrogen) atoms. The summed E-state index contributed by atoms with van der Waals surface area (Å²) in [6, 6.07) is 9.08. The minimum Gasteiger partial charge on any atom is -0.391 e. The summed E-state index contributed by atoms with van der Waals surface area (Å²) in [6.45, 7) is 1.70. The average Bonchev–Trinajstić information content (AvgIpc) is 2.66. The van der Waals surface area contributed by atoms with Crippen LogP contribution in [0.15, 0.2) is 24.3 Å². The van der Waals surface area contributed by atoms with Gasteiger partial charge in [0.05, 0.1) is 6.10 Å². The maximum atomic E-state index is 12.2. The highest BCUT2D eigenvalue weighted by molar-refractivity contribution is 5.74. The Hall–Kier alpha value is -1.75.